The molecule has 7 nitrogen and oxygen atoms in total. The van der Waals surface area contributed by atoms with Crippen LogP contribution in [0.25, 0.3) is 0 Å². The first kappa shape index (κ1) is 13.8. The molecule has 0 spiro atoms. The van der Waals surface area contributed by atoms with Crippen LogP contribution < -0.4 is 0 Å². The predicted molar refractivity (Wildman–Crippen MR) is 76.0 cm³/mol. The Balaban J connectivity index is 1.66. The maximum absolute atomic E-state index is 12.7. The molecular formula is C14H20N6O. The fraction of sp³-hybridized carbons (Fsp3) is 0.571. The summed E-state index contributed by atoms with van der Waals surface area (Å²) in [6.45, 7) is 3.15. The number of hydrogen-bond donors (Lipinski definition) is 0. The Kier molecular flexibility index (Phi) is 3.72. The maximum atomic E-state index is 12.7. The van der Waals surface area contributed by atoms with Crippen LogP contribution in [0.1, 0.15) is 25.3 Å². The van der Waals surface area contributed by atoms with Crippen molar-refractivity contribution in [2.24, 2.45) is 13.0 Å². The Labute approximate surface area is 123 Å². The van der Waals surface area contributed by atoms with Crippen LogP contribution in [0.4, 0.5) is 0 Å². The number of carbonyl (C=O) groups excluding carboxylic acids is 1. The first-order chi connectivity index (χ1) is 10.1. The first-order valence-electron chi connectivity index (χ1n) is 7.24. The van der Waals surface area contributed by atoms with Gasteiger partial charge in [0, 0.05) is 31.4 Å². The lowest BCUT2D eigenvalue weighted by molar-refractivity contribution is -0.136. The second-order valence-corrected chi connectivity index (χ2v) is 5.74. The summed E-state index contributed by atoms with van der Waals surface area (Å²) in [6.07, 6.45) is 9.12. The van der Waals surface area contributed by atoms with Gasteiger partial charge in [0.15, 0.2) is 0 Å². The van der Waals surface area contributed by atoms with Gasteiger partial charge >= 0.3 is 0 Å². The van der Waals surface area contributed by atoms with Crippen LogP contribution in [-0.2, 0) is 24.9 Å². The van der Waals surface area contributed by atoms with Crippen LogP contribution in [0.15, 0.2) is 25.0 Å². The minimum Gasteiger partial charge on any atom is -0.335 e. The zero-order valence-corrected chi connectivity index (χ0v) is 12.4. The number of nitrogens with zero attached hydrogens (tertiary/aromatic N) is 6. The third-order valence-electron chi connectivity index (χ3n) is 3.73. The van der Waals surface area contributed by atoms with Gasteiger partial charge in [0.05, 0.1) is 18.7 Å². The second kappa shape index (κ2) is 5.67. The smallest absolute Gasteiger partial charge is 0.227 e. The van der Waals surface area contributed by atoms with Gasteiger partial charge in [0.2, 0.25) is 5.91 Å². The number of aryl methyl sites for hydroxylation is 1. The summed E-state index contributed by atoms with van der Waals surface area (Å²) in [6, 6.07) is 0.385. The summed E-state index contributed by atoms with van der Waals surface area (Å²) in [5, 5.41) is 8.24. The van der Waals surface area contributed by atoms with Crippen molar-refractivity contribution in [2.75, 3.05) is 0 Å². The lowest BCUT2D eigenvalue weighted by Gasteiger charge is -2.25. The number of carbonyl (C=O) groups is 1. The quantitative estimate of drug-likeness (QED) is 0.790. The molecule has 0 N–H and O–H groups in total. The molecule has 2 aromatic heterocycles. The van der Waals surface area contributed by atoms with Crippen molar-refractivity contribution in [1.82, 2.24) is 29.4 Å². The molecule has 2 heterocycles. The Morgan fingerprint density at radius 3 is 2.86 bits per heavy atom. The summed E-state index contributed by atoms with van der Waals surface area (Å²) < 4.78 is 3.47. The largest absolute Gasteiger partial charge is 0.335 e. The van der Waals surface area contributed by atoms with Gasteiger partial charge in [-0.25, -0.2) is 4.98 Å². The van der Waals surface area contributed by atoms with Gasteiger partial charge in [-0.15, -0.1) is 0 Å². The van der Waals surface area contributed by atoms with Crippen molar-refractivity contribution in [3.8, 4) is 0 Å². The fourth-order valence-electron chi connectivity index (χ4n) is 2.49. The number of hydrogen-bond acceptors (Lipinski definition) is 4. The molecule has 0 aliphatic heterocycles. The molecule has 0 aromatic carbocycles. The Morgan fingerprint density at radius 1 is 1.48 bits per heavy atom. The van der Waals surface area contributed by atoms with E-state index in [9.17, 15) is 4.79 Å². The molecule has 1 unspecified atom stereocenters. The maximum Gasteiger partial charge on any atom is 0.227 e. The summed E-state index contributed by atoms with van der Waals surface area (Å²) in [5.74, 6) is 0.0702. The molecule has 0 saturated heterocycles. The van der Waals surface area contributed by atoms with E-state index >= 15 is 0 Å². The molecule has 0 radical (unpaired) electrons. The van der Waals surface area contributed by atoms with Gasteiger partial charge in [-0.3, -0.25) is 14.2 Å². The molecule has 1 aliphatic carbocycles. The van der Waals surface area contributed by atoms with E-state index in [0.717, 1.165) is 18.4 Å². The Hall–Kier alpha value is -2.18. The standard InChI is InChI=1S/C14H20N6O/c1-11(6-19-10-15-9-17-19)14(21)20(13-3-4-13)8-12-5-16-18(2)7-12/h5,7,9-11,13H,3-4,6,8H2,1-2H3. The SMILES string of the molecule is CC(Cn1cncn1)C(=O)N(Cc1cnn(C)c1)C1CC1. The molecule has 112 valence electrons. The Bertz CT molecular complexity index is 601. The lowest BCUT2D eigenvalue weighted by atomic mass is 10.1. The monoisotopic (exact) mass is 288 g/mol. The van der Waals surface area contributed by atoms with E-state index in [1.807, 2.05) is 31.3 Å². The van der Waals surface area contributed by atoms with E-state index in [0.29, 0.717) is 19.1 Å². The van der Waals surface area contributed by atoms with Crippen molar-refractivity contribution < 1.29 is 4.79 Å². The molecule has 1 saturated carbocycles. The highest BCUT2D eigenvalue weighted by atomic mass is 16.2. The van der Waals surface area contributed by atoms with E-state index in [2.05, 4.69) is 15.2 Å². The molecule has 7 heteroatoms. The normalized spacial score (nSPS) is 15.9. The molecule has 0 bridgehead atoms. The average molecular weight is 288 g/mol. The van der Waals surface area contributed by atoms with Crippen LogP contribution >= 0.6 is 0 Å². The van der Waals surface area contributed by atoms with Gasteiger partial charge in [-0.1, -0.05) is 6.92 Å². The van der Waals surface area contributed by atoms with Gasteiger partial charge in [-0.05, 0) is 12.8 Å². The number of rotatable bonds is 6. The third-order valence-corrected chi connectivity index (χ3v) is 3.73. The van der Waals surface area contributed by atoms with Crippen LogP contribution in [0.3, 0.4) is 0 Å². The van der Waals surface area contributed by atoms with Gasteiger partial charge < -0.3 is 4.90 Å². The van der Waals surface area contributed by atoms with Crippen molar-refractivity contribution >= 4 is 5.91 Å². The molecule has 1 aliphatic rings. The van der Waals surface area contributed by atoms with E-state index in [-0.39, 0.29) is 11.8 Å². The van der Waals surface area contributed by atoms with Crippen LogP contribution in [-0.4, -0.2) is 41.4 Å². The molecule has 1 atom stereocenters. The highest BCUT2D eigenvalue weighted by Crippen LogP contribution is 2.29. The lowest BCUT2D eigenvalue weighted by Crippen LogP contribution is -2.37. The highest BCUT2D eigenvalue weighted by molar-refractivity contribution is 5.79. The van der Waals surface area contributed by atoms with Gasteiger partial charge in [0.25, 0.3) is 0 Å². The summed E-state index contributed by atoms with van der Waals surface area (Å²) in [5.41, 5.74) is 1.07. The van der Waals surface area contributed by atoms with E-state index in [1.54, 1.807) is 15.7 Å². The second-order valence-electron chi connectivity index (χ2n) is 5.74. The minimum atomic E-state index is -0.107. The van der Waals surface area contributed by atoms with Crippen LogP contribution in [0, 0.1) is 5.92 Å². The molecule has 2 aromatic rings. The zero-order valence-electron chi connectivity index (χ0n) is 12.4. The van der Waals surface area contributed by atoms with E-state index in [1.165, 1.54) is 6.33 Å². The number of aromatic nitrogens is 5. The Morgan fingerprint density at radius 2 is 2.29 bits per heavy atom. The van der Waals surface area contributed by atoms with Gasteiger partial charge in [-0.2, -0.15) is 10.2 Å². The fourth-order valence-corrected chi connectivity index (χ4v) is 2.49. The van der Waals surface area contributed by atoms with E-state index in [4.69, 9.17) is 0 Å². The minimum absolute atomic E-state index is 0.107. The number of amides is 1. The predicted octanol–water partition coefficient (Wildman–Crippen LogP) is 0.839. The summed E-state index contributed by atoms with van der Waals surface area (Å²) >= 11 is 0. The molecule has 1 fully saturated rings. The van der Waals surface area contributed by atoms with Crippen LogP contribution in [0.5, 0.6) is 0 Å². The molecule has 1 amide bonds. The van der Waals surface area contributed by atoms with Crippen molar-refractivity contribution in [1.29, 1.82) is 0 Å². The highest BCUT2D eigenvalue weighted by Gasteiger charge is 2.34. The molecule has 21 heavy (non-hydrogen) atoms. The average Bonchev–Trinajstić information content (AvgIpc) is 3.02. The van der Waals surface area contributed by atoms with Gasteiger partial charge in [0.1, 0.15) is 12.7 Å². The third kappa shape index (κ3) is 3.29. The van der Waals surface area contributed by atoms with Crippen molar-refractivity contribution in [3.63, 3.8) is 0 Å². The summed E-state index contributed by atoms with van der Waals surface area (Å²) in [7, 11) is 1.89. The topological polar surface area (TPSA) is 68.8 Å². The van der Waals surface area contributed by atoms with Crippen LogP contribution in [0.2, 0.25) is 0 Å². The van der Waals surface area contributed by atoms with Crippen molar-refractivity contribution in [2.45, 2.75) is 38.9 Å². The molecule has 3 rings (SSSR count). The summed E-state index contributed by atoms with van der Waals surface area (Å²) in [4.78, 5) is 18.6. The van der Waals surface area contributed by atoms with Crippen molar-refractivity contribution in [3.05, 3.63) is 30.6 Å². The van der Waals surface area contributed by atoms with E-state index < -0.39 is 0 Å². The molecular weight excluding hydrogens is 268 g/mol. The first-order valence-corrected chi connectivity index (χ1v) is 7.24. The zero-order chi connectivity index (χ0) is 14.8.